The molecule has 1 fully saturated rings. The van der Waals surface area contributed by atoms with E-state index < -0.39 is 0 Å². The van der Waals surface area contributed by atoms with Gasteiger partial charge in [0.2, 0.25) is 5.89 Å². The van der Waals surface area contributed by atoms with Crippen LogP contribution in [-0.4, -0.2) is 22.7 Å². The molecule has 0 amide bonds. The fourth-order valence-electron chi connectivity index (χ4n) is 2.04. The molecule has 1 atom stereocenters. The number of nitrogens with one attached hydrogen (secondary N) is 1. The monoisotopic (exact) mass is 237 g/mol. The first-order valence-electron chi connectivity index (χ1n) is 6.89. The third-order valence-electron chi connectivity index (χ3n) is 3.17. The van der Waals surface area contributed by atoms with Crippen LogP contribution in [0.4, 0.5) is 0 Å². The van der Waals surface area contributed by atoms with Gasteiger partial charge < -0.3 is 9.84 Å². The summed E-state index contributed by atoms with van der Waals surface area (Å²) < 4.78 is 5.32. The lowest BCUT2D eigenvalue weighted by atomic mass is 10.1. The van der Waals surface area contributed by atoms with E-state index in [2.05, 4.69) is 29.3 Å². The number of rotatable bonds is 8. The Balaban J connectivity index is 1.85. The highest BCUT2D eigenvalue weighted by atomic mass is 16.5. The van der Waals surface area contributed by atoms with Crippen molar-refractivity contribution in [3.63, 3.8) is 0 Å². The van der Waals surface area contributed by atoms with Gasteiger partial charge in [-0.25, -0.2) is 0 Å². The van der Waals surface area contributed by atoms with Crippen LogP contribution >= 0.6 is 0 Å². The predicted octanol–water partition coefficient (Wildman–Crippen LogP) is 2.66. The van der Waals surface area contributed by atoms with Gasteiger partial charge in [-0.3, -0.25) is 0 Å². The van der Waals surface area contributed by atoms with Crippen LogP contribution in [-0.2, 0) is 6.42 Å². The summed E-state index contributed by atoms with van der Waals surface area (Å²) >= 11 is 0. The van der Waals surface area contributed by atoms with Crippen LogP contribution in [0.3, 0.4) is 0 Å². The van der Waals surface area contributed by atoms with Crippen molar-refractivity contribution in [3.8, 4) is 0 Å². The maximum absolute atomic E-state index is 5.32. The SMILES string of the molecule is CCCNC(CCC)Cc1nc(C2CC2)no1. The molecule has 1 aliphatic rings. The molecule has 1 N–H and O–H groups in total. The maximum Gasteiger partial charge on any atom is 0.228 e. The first-order chi connectivity index (χ1) is 8.33. The van der Waals surface area contributed by atoms with E-state index in [1.165, 1.54) is 25.7 Å². The first-order valence-corrected chi connectivity index (χ1v) is 6.89. The zero-order valence-electron chi connectivity index (χ0n) is 10.9. The molecule has 96 valence electrons. The van der Waals surface area contributed by atoms with Gasteiger partial charge >= 0.3 is 0 Å². The second-order valence-corrected chi connectivity index (χ2v) is 4.96. The minimum Gasteiger partial charge on any atom is -0.339 e. The van der Waals surface area contributed by atoms with Crippen molar-refractivity contribution in [2.75, 3.05) is 6.54 Å². The van der Waals surface area contributed by atoms with E-state index in [0.29, 0.717) is 12.0 Å². The van der Waals surface area contributed by atoms with Crippen LogP contribution in [0.5, 0.6) is 0 Å². The molecule has 1 aliphatic carbocycles. The summed E-state index contributed by atoms with van der Waals surface area (Å²) in [5.41, 5.74) is 0. The van der Waals surface area contributed by atoms with Gasteiger partial charge in [0.1, 0.15) is 0 Å². The third kappa shape index (κ3) is 3.80. The standard InChI is InChI=1S/C13H23N3O/c1-3-5-11(14-8-4-2)9-12-15-13(16-17-12)10-6-7-10/h10-11,14H,3-9H2,1-2H3. The van der Waals surface area contributed by atoms with E-state index in [-0.39, 0.29) is 0 Å². The summed E-state index contributed by atoms with van der Waals surface area (Å²) in [6.07, 6.45) is 6.84. The summed E-state index contributed by atoms with van der Waals surface area (Å²) in [4.78, 5) is 4.48. The van der Waals surface area contributed by atoms with Gasteiger partial charge in [-0.1, -0.05) is 25.4 Å². The highest BCUT2D eigenvalue weighted by Crippen LogP contribution is 2.38. The molecule has 1 unspecified atom stereocenters. The van der Waals surface area contributed by atoms with Gasteiger partial charge in [-0.05, 0) is 32.2 Å². The molecule has 0 aliphatic heterocycles. The van der Waals surface area contributed by atoms with E-state index in [0.717, 1.165) is 31.1 Å². The molecule has 1 aromatic heterocycles. The third-order valence-corrected chi connectivity index (χ3v) is 3.17. The molecule has 4 nitrogen and oxygen atoms in total. The molecule has 2 rings (SSSR count). The number of nitrogens with zero attached hydrogens (tertiary/aromatic N) is 2. The topological polar surface area (TPSA) is 51.0 Å². The van der Waals surface area contributed by atoms with E-state index in [1.54, 1.807) is 0 Å². The molecule has 0 radical (unpaired) electrons. The molecule has 17 heavy (non-hydrogen) atoms. The minimum absolute atomic E-state index is 0.479. The van der Waals surface area contributed by atoms with Crippen LogP contribution < -0.4 is 5.32 Å². The molecule has 1 heterocycles. The molecule has 0 bridgehead atoms. The Morgan fingerprint density at radius 3 is 2.82 bits per heavy atom. The number of hydrogen-bond donors (Lipinski definition) is 1. The summed E-state index contributed by atoms with van der Waals surface area (Å²) in [7, 11) is 0. The largest absolute Gasteiger partial charge is 0.339 e. The zero-order valence-corrected chi connectivity index (χ0v) is 10.9. The molecule has 1 aromatic rings. The van der Waals surface area contributed by atoms with Gasteiger partial charge in [-0.2, -0.15) is 4.98 Å². The quantitative estimate of drug-likeness (QED) is 0.755. The average Bonchev–Trinajstić information content (AvgIpc) is 3.08. The van der Waals surface area contributed by atoms with Crippen molar-refractivity contribution < 1.29 is 4.52 Å². The first kappa shape index (κ1) is 12.6. The lowest BCUT2D eigenvalue weighted by Crippen LogP contribution is -2.31. The molecule has 0 saturated heterocycles. The van der Waals surface area contributed by atoms with Gasteiger partial charge in [0.05, 0.1) is 0 Å². The van der Waals surface area contributed by atoms with Crippen molar-refractivity contribution in [1.82, 2.24) is 15.5 Å². The molecule has 1 saturated carbocycles. The number of hydrogen-bond acceptors (Lipinski definition) is 4. The van der Waals surface area contributed by atoms with Crippen LogP contribution in [0.1, 0.15) is 63.6 Å². The van der Waals surface area contributed by atoms with Crippen molar-refractivity contribution in [1.29, 1.82) is 0 Å². The lowest BCUT2D eigenvalue weighted by Gasteiger charge is -2.15. The number of aromatic nitrogens is 2. The fraction of sp³-hybridized carbons (Fsp3) is 0.846. The molecule has 0 spiro atoms. The maximum atomic E-state index is 5.32. The van der Waals surface area contributed by atoms with E-state index in [4.69, 9.17) is 4.52 Å². The molecular weight excluding hydrogens is 214 g/mol. The van der Waals surface area contributed by atoms with Gasteiger partial charge in [-0.15, -0.1) is 0 Å². The highest BCUT2D eigenvalue weighted by molar-refractivity contribution is 5.03. The minimum atomic E-state index is 0.479. The Labute approximate surface area is 103 Å². The Bertz CT molecular complexity index is 333. The summed E-state index contributed by atoms with van der Waals surface area (Å²) in [5, 5.41) is 7.60. The fourth-order valence-corrected chi connectivity index (χ4v) is 2.04. The summed E-state index contributed by atoms with van der Waals surface area (Å²) in [6.45, 7) is 5.46. The molecular formula is C13H23N3O. The molecule has 0 aromatic carbocycles. The second kappa shape index (κ2) is 6.15. The Kier molecular flexibility index (Phi) is 4.54. The Morgan fingerprint density at radius 1 is 1.35 bits per heavy atom. The van der Waals surface area contributed by atoms with Crippen molar-refractivity contribution in [2.24, 2.45) is 0 Å². The van der Waals surface area contributed by atoms with Crippen molar-refractivity contribution in [2.45, 2.75) is 64.3 Å². The van der Waals surface area contributed by atoms with E-state index >= 15 is 0 Å². The van der Waals surface area contributed by atoms with Crippen LogP contribution in [0.2, 0.25) is 0 Å². The van der Waals surface area contributed by atoms with Crippen LogP contribution in [0.25, 0.3) is 0 Å². The smallest absolute Gasteiger partial charge is 0.228 e. The Morgan fingerprint density at radius 2 is 2.18 bits per heavy atom. The lowest BCUT2D eigenvalue weighted by molar-refractivity contribution is 0.347. The highest BCUT2D eigenvalue weighted by Gasteiger charge is 2.29. The van der Waals surface area contributed by atoms with E-state index in [1.807, 2.05) is 0 Å². The van der Waals surface area contributed by atoms with Gasteiger partial charge in [0.25, 0.3) is 0 Å². The van der Waals surface area contributed by atoms with Gasteiger partial charge in [0, 0.05) is 18.4 Å². The second-order valence-electron chi connectivity index (χ2n) is 4.96. The van der Waals surface area contributed by atoms with Gasteiger partial charge in [0.15, 0.2) is 5.82 Å². The summed E-state index contributed by atoms with van der Waals surface area (Å²) in [5.74, 6) is 2.31. The average molecular weight is 237 g/mol. The van der Waals surface area contributed by atoms with Crippen molar-refractivity contribution in [3.05, 3.63) is 11.7 Å². The summed E-state index contributed by atoms with van der Waals surface area (Å²) in [6, 6.07) is 0.479. The molecule has 4 heteroatoms. The van der Waals surface area contributed by atoms with Crippen LogP contribution in [0.15, 0.2) is 4.52 Å². The predicted molar refractivity (Wildman–Crippen MR) is 67.0 cm³/mol. The zero-order chi connectivity index (χ0) is 12.1. The van der Waals surface area contributed by atoms with Crippen molar-refractivity contribution >= 4 is 0 Å². The normalized spacial score (nSPS) is 17.3. The Hall–Kier alpha value is -0.900. The van der Waals surface area contributed by atoms with E-state index in [9.17, 15) is 0 Å². The van der Waals surface area contributed by atoms with Crippen LogP contribution in [0, 0.1) is 0 Å².